The molecule has 0 bridgehead atoms. The number of allylic oxidation sites excluding steroid dienone is 2. The first-order chi connectivity index (χ1) is 7.70. The van der Waals surface area contributed by atoms with Gasteiger partial charge in [0, 0.05) is 6.42 Å². The number of hydrogen-bond donors (Lipinski definition) is 1. The summed E-state index contributed by atoms with van der Waals surface area (Å²) in [4.78, 5) is 0. The average Bonchev–Trinajstić information content (AvgIpc) is 2.24. The Balaban J connectivity index is 3.38. The van der Waals surface area contributed by atoms with Crippen molar-refractivity contribution in [3.8, 4) is 12.3 Å². The summed E-state index contributed by atoms with van der Waals surface area (Å²) in [5.74, 6) is 4.13. The van der Waals surface area contributed by atoms with E-state index in [1.165, 1.54) is 19.3 Å². The van der Waals surface area contributed by atoms with E-state index >= 15 is 0 Å². The van der Waals surface area contributed by atoms with Crippen molar-refractivity contribution in [3.63, 3.8) is 0 Å². The van der Waals surface area contributed by atoms with Gasteiger partial charge in [0.15, 0.2) is 0 Å². The summed E-state index contributed by atoms with van der Waals surface area (Å²) in [6, 6.07) is 0. The van der Waals surface area contributed by atoms with Gasteiger partial charge in [-0.15, -0.1) is 12.3 Å². The molecule has 0 aliphatic heterocycles. The van der Waals surface area contributed by atoms with E-state index in [4.69, 9.17) is 12.2 Å². The van der Waals surface area contributed by atoms with E-state index < -0.39 is 0 Å². The lowest BCUT2D eigenvalue weighted by atomic mass is 10.0. The molecule has 2 N–H and O–H groups in total. The molecular formula is C15H27N. The molecule has 2 atom stereocenters. The quantitative estimate of drug-likeness (QED) is 0.466. The summed E-state index contributed by atoms with van der Waals surface area (Å²) in [5.41, 5.74) is 5.51. The Morgan fingerprint density at radius 3 is 2.12 bits per heavy atom. The third-order valence-electron chi connectivity index (χ3n) is 2.94. The summed E-state index contributed by atoms with van der Waals surface area (Å²) >= 11 is 0. The maximum atomic E-state index is 5.51. The van der Waals surface area contributed by atoms with Gasteiger partial charge in [-0.25, -0.2) is 0 Å². The van der Waals surface area contributed by atoms with E-state index in [2.05, 4.69) is 31.9 Å². The third-order valence-corrected chi connectivity index (χ3v) is 2.94. The molecule has 1 unspecified atom stereocenters. The van der Waals surface area contributed by atoms with Crippen LogP contribution in [0, 0.1) is 24.2 Å². The first kappa shape index (κ1) is 15.3. The zero-order chi connectivity index (χ0) is 12.2. The van der Waals surface area contributed by atoms with Gasteiger partial charge in [0.2, 0.25) is 0 Å². The largest absolute Gasteiger partial charge is 0.330 e. The lowest BCUT2D eigenvalue weighted by Crippen LogP contribution is -2.05. The van der Waals surface area contributed by atoms with E-state index in [-0.39, 0.29) is 0 Å². The molecule has 0 aliphatic carbocycles. The van der Waals surface area contributed by atoms with Crippen molar-refractivity contribution in [2.24, 2.45) is 17.6 Å². The number of nitrogens with two attached hydrogens (primary N) is 1. The van der Waals surface area contributed by atoms with Crippen molar-refractivity contribution < 1.29 is 0 Å². The highest BCUT2D eigenvalue weighted by Gasteiger charge is 1.99. The molecule has 0 saturated heterocycles. The van der Waals surface area contributed by atoms with Crippen molar-refractivity contribution in [1.82, 2.24) is 0 Å². The van der Waals surface area contributed by atoms with E-state index in [1.807, 2.05) is 0 Å². The fourth-order valence-electron chi connectivity index (χ4n) is 1.73. The highest BCUT2D eigenvalue weighted by atomic mass is 14.5. The molecule has 0 radical (unpaired) electrons. The normalized spacial score (nSPS) is 14.9. The fourth-order valence-corrected chi connectivity index (χ4v) is 1.73. The monoisotopic (exact) mass is 221 g/mol. The molecule has 16 heavy (non-hydrogen) atoms. The van der Waals surface area contributed by atoms with Crippen LogP contribution in [0.15, 0.2) is 12.2 Å². The minimum atomic E-state index is 0.658. The molecule has 0 spiro atoms. The van der Waals surface area contributed by atoms with E-state index in [0.29, 0.717) is 5.92 Å². The summed E-state index contributed by atoms with van der Waals surface area (Å²) in [7, 11) is 0. The van der Waals surface area contributed by atoms with Crippen molar-refractivity contribution in [2.45, 2.75) is 52.4 Å². The lowest BCUT2D eigenvalue weighted by Gasteiger charge is -2.07. The minimum Gasteiger partial charge on any atom is -0.330 e. The summed E-state index contributed by atoms with van der Waals surface area (Å²) in [5, 5.41) is 0. The maximum absolute atomic E-state index is 5.51. The summed E-state index contributed by atoms with van der Waals surface area (Å²) < 4.78 is 0. The molecule has 0 aromatic carbocycles. The van der Waals surface area contributed by atoms with Crippen molar-refractivity contribution in [3.05, 3.63) is 12.2 Å². The lowest BCUT2D eigenvalue weighted by molar-refractivity contribution is 0.503. The summed E-state index contributed by atoms with van der Waals surface area (Å²) in [6.45, 7) is 5.31. The van der Waals surface area contributed by atoms with Crippen LogP contribution in [-0.2, 0) is 0 Å². The predicted molar refractivity (Wildman–Crippen MR) is 73.1 cm³/mol. The van der Waals surface area contributed by atoms with Crippen LogP contribution >= 0.6 is 0 Å². The topological polar surface area (TPSA) is 26.0 Å². The Morgan fingerprint density at radius 1 is 1.06 bits per heavy atom. The van der Waals surface area contributed by atoms with Gasteiger partial charge in [-0.1, -0.05) is 26.0 Å². The van der Waals surface area contributed by atoms with Gasteiger partial charge in [0.05, 0.1) is 0 Å². The highest BCUT2D eigenvalue weighted by Crippen LogP contribution is 2.12. The molecule has 0 rings (SSSR count). The predicted octanol–water partition coefficient (Wildman–Crippen LogP) is 3.75. The van der Waals surface area contributed by atoms with Crippen molar-refractivity contribution >= 4 is 0 Å². The second kappa shape index (κ2) is 10.8. The van der Waals surface area contributed by atoms with Crippen LogP contribution in [0.4, 0.5) is 0 Å². The third kappa shape index (κ3) is 9.80. The molecule has 0 fully saturated rings. The Kier molecular flexibility index (Phi) is 10.3. The van der Waals surface area contributed by atoms with E-state index in [9.17, 15) is 0 Å². The molecule has 1 heteroatoms. The first-order valence-corrected chi connectivity index (χ1v) is 6.49. The molecule has 0 aliphatic rings. The number of hydrogen-bond acceptors (Lipinski definition) is 1. The van der Waals surface area contributed by atoms with Crippen LogP contribution in [0.5, 0.6) is 0 Å². The van der Waals surface area contributed by atoms with Gasteiger partial charge >= 0.3 is 0 Å². The number of rotatable bonds is 9. The fraction of sp³-hybridized carbons (Fsp3) is 0.733. The SMILES string of the molecule is C#CC[C@H](C)CC/C=C/CCC(C)CCN. The first-order valence-electron chi connectivity index (χ1n) is 6.49. The standard InChI is InChI=1S/C15H27N/c1-4-9-14(2)10-7-5-6-8-11-15(3)12-13-16/h1,5-6,14-15H,7-13,16H2,2-3H3/b6-5+/t14-,15?/m0/s1. The molecule has 1 nitrogen and oxygen atoms in total. The zero-order valence-electron chi connectivity index (χ0n) is 10.9. The molecule has 0 heterocycles. The molecule has 0 aromatic rings. The van der Waals surface area contributed by atoms with E-state index in [1.54, 1.807) is 0 Å². The van der Waals surface area contributed by atoms with Gasteiger partial charge in [0.1, 0.15) is 0 Å². The second-order valence-electron chi connectivity index (χ2n) is 4.82. The molecule has 92 valence electrons. The second-order valence-corrected chi connectivity index (χ2v) is 4.82. The van der Waals surface area contributed by atoms with E-state index in [0.717, 1.165) is 31.7 Å². The van der Waals surface area contributed by atoms with Gasteiger partial charge < -0.3 is 5.73 Å². The zero-order valence-corrected chi connectivity index (χ0v) is 10.9. The summed E-state index contributed by atoms with van der Waals surface area (Å²) in [6.07, 6.45) is 16.7. The number of terminal acetylenes is 1. The van der Waals surface area contributed by atoms with Gasteiger partial charge in [-0.05, 0) is 50.5 Å². The highest BCUT2D eigenvalue weighted by molar-refractivity contribution is 4.87. The Labute approximate surface area is 101 Å². The smallest absolute Gasteiger partial charge is 0.0112 e. The molecule has 0 amide bonds. The molecule has 0 aromatic heterocycles. The maximum Gasteiger partial charge on any atom is 0.0112 e. The van der Waals surface area contributed by atoms with Crippen LogP contribution in [0.25, 0.3) is 0 Å². The van der Waals surface area contributed by atoms with Gasteiger partial charge in [-0.3, -0.25) is 0 Å². The Hall–Kier alpha value is -0.740. The van der Waals surface area contributed by atoms with Crippen LogP contribution in [0.1, 0.15) is 52.4 Å². The molecule has 0 saturated carbocycles. The Morgan fingerprint density at radius 2 is 1.62 bits per heavy atom. The Bertz CT molecular complexity index is 212. The van der Waals surface area contributed by atoms with Gasteiger partial charge in [-0.2, -0.15) is 0 Å². The van der Waals surface area contributed by atoms with Crippen LogP contribution in [0.2, 0.25) is 0 Å². The van der Waals surface area contributed by atoms with Crippen molar-refractivity contribution in [2.75, 3.05) is 6.54 Å². The van der Waals surface area contributed by atoms with Crippen LogP contribution in [-0.4, -0.2) is 6.54 Å². The molecular weight excluding hydrogens is 194 g/mol. The average molecular weight is 221 g/mol. The van der Waals surface area contributed by atoms with Gasteiger partial charge in [0.25, 0.3) is 0 Å². The van der Waals surface area contributed by atoms with Crippen LogP contribution < -0.4 is 5.73 Å². The minimum absolute atomic E-state index is 0.658. The van der Waals surface area contributed by atoms with Crippen LogP contribution in [0.3, 0.4) is 0 Å². The van der Waals surface area contributed by atoms with Crippen molar-refractivity contribution in [1.29, 1.82) is 0 Å².